The summed E-state index contributed by atoms with van der Waals surface area (Å²) in [5.74, 6) is 0. The molecule has 1 aromatic heterocycles. The van der Waals surface area contributed by atoms with Crippen molar-refractivity contribution in [2.45, 2.75) is 6.04 Å². The van der Waals surface area contributed by atoms with E-state index in [-0.39, 0.29) is 6.04 Å². The van der Waals surface area contributed by atoms with E-state index in [1.165, 1.54) is 0 Å². The summed E-state index contributed by atoms with van der Waals surface area (Å²) in [5.41, 5.74) is 7.83. The van der Waals surface area contributed by atoms with Gasteiger partial charge in [0.2, 0.25) is 0 Å². The number of nitrogens with zero attached hydrogens (tertiary/aromatic N) is 1. The highest BCUT2D eigenvalue weighted by atomic mass is 14.8. The number of rotatable bonds is 0. The quantitative estimate of drug-likeness (QED) is 0.574. The fourth-order valence-electron chi connectivity index (χ4n) is 1.15. The third-order valence-corrected chi connectivity index (χ3v) is 1.67. The summed E-state index contributed by atoms with van der Waals surface area (Å²) in [6.45, 7) is 0. The van der Waals surface area contributed by atoms with Crippen molar-refractivity contribution >= 4 is 6.08 Å². The maximum absolute atomic E-state index is 5.70. The van der Waals surface area contributed by atoms with E-state index >= 15 is 0 Å². The molecule has 0 amide bonds. The molecule has 0 spiro atoms. The molecule has 1 aliphatic carbocycles. The van der Waals surface area contributed by atoms with E-state index in [2.05, 4.69) is 4.98 Å². The summed E-state index contributed by atoms with van der Waals surface area (Å²) in [7, 11) is 0. The Labute approximate surface area is 59.4 Å². The molecule has 1 aromatic rings. The summed E-state index contributed by atoms with van der Waals surface area (Å²) in [4.78, 5) is 4.15. The van der Waals surface area contributed by atoms with Gasteiger partial charge in [0.25, 0.3) is 0 Å². The van der Waals surface area contributed by atoms with Crippen LogP contribution in [0, 0.1) is 0 Å². The average molecular weight is 132 g/mol. The minimum Gasteiger partial charge on any atom is -0.319 e. The van der Waals surface area contributed by atoms with Gasteiger partial charge in [0.05, 0.1) is 11.7 Å². The third kappa shape index (κ3) is 0.660. The van der Waals surface area contributed by atoms with E-state index < -0.39 is 0 Å². The molecule has 0 saturated heterocycles. The van der Waals surface area contributed by atoms with Gasteiger partial charge in [-0.25, -0.2) is 0 Å². The predicted octanol–water partition coefficient (Wildman–Crippen LogP) is 1.11. The first-order valence-electron chi connectivity index (χ1n) is 3.26. The Hall–Kier alpha value is -1.15. The van der Waals surface area contributed by atoms with Crippen LogP contribution in [0.3, 0.4) is 0 Å². The van der Waals surface area contributed by atoms with Crippen molar-refractivity contribution in [3.63, 3.8) is 0 Å². The molecule has 1 heterocycles. The summed E-state index contributed by atoms with van der Waals surface area (Å²) < 4.78 is 0. The number of aromatic nitrogens is 1. The summed E-state index contributed by atoms with van der Waals surface area (Å²) in [6.07, 6.45) is 5.73. The number of pyridine rings is 1. The normalized spacial score (nSPS) is 21.1. The molecule has 0 saturated carbocycles. The fourth-order valence-corrected chi connectivity index (χ4v) is 1.15. The molecule has 10 heavy (non-hydrogen) atoms. The molecular weight excluding hydrogens is 124 g/mol. The maximum Gasteiger partial charge on any atom is 0.0682 e. The first-order chi connectivity index (χ1) is 4.88. The molecule has 0 radical (unpaired) electrons. The van der Waals surface area contributed by atoms with Crippen molar-refractivity contribution in [1.29, 1.82) is 0 Å². The number of hydrogen-bond acceptors (Lipinski definition) is 2. The molecule has 1 atom stereocenters. The van der Waals surface area contributed by atoms with Gasteiger partial charge in [-0.05, 0) is 11.6 Å². The van der Waals surface area contributed by atoms with Crippen molar-refractivity contribution in [3.05, 3.63) is 35.7 Å². The Morgan fingerprint density at radius 2 is 2.40 bits per heavy atom. The van der Waals surface area contributed by atoms with Crippen LogP contribution in [0.1, 0.15) is 17.3 Å². The Kier molecular flexibility index (Phi) is 1.08. The van der Waals surface area contributed by atoms with Crippen LogP contribution in [0.15, 0.2) is 24.4 Å². The lowest BCUT2D eigenvalue weighted by Crippen LogP contribution is -2.06. The van der Waals surface area contributed by atoms with E-state index in [0.717, 1.165) is 11.3 Å². The molecule has 0 fully saturated rings. The first kappa shape index (κ1) is 5.62. The molecule has 0 aliphatic heterocycles. The molecule has 2 N–H and O–H groups in total. The van der Waals surface area contributed by atoms with Crippen molar-refractivity contribution in [2.24, 2.45) is 5.73 Å². The Balaban J connectivity index is 2.59. The number of fused-ring (bicyclic) bond motifs is 1. The third-order valence-electron chi connectivity index (χ3n) is 1.67. The van der Waals surface area contributed by atoms with Gasteiger partial charge in [0, 0.05) is 6.20 Å². The second kappa shape index (κ2) is 1.92. The molecule has 2 heteroatoms. The van der Waals surface area contributed by atoms with Gasteiger partial charge in [0.1, 0.15) is 0 Å². The van der Waals surface area contributed by atoms with E-state index in [9.17, 15) is 0 Å². The molecular formula is C8H8N2. The minimum atomic E-state index is 0.0104. The largest absolute Gasteiger partial charge is 0.319 e. The van der Waals surface area contributed by atoms with Crippen LogP contribution >= 0.6 is 0 Å². The highest BCUT2D eigenvalue weighted by molar-refractivity contribution is 5.59. The average Bonchev–Trinajstić information content (AvgIpc) is 2.34. The fraction of sp³-hybridized carbons (Fsp3) is 0.125. The predicted molar refractivity (Wildman–Crippen MR) is 40.2 cm³/mol. The first-order valence-corrected chi connectivity index (χ1v) is 3.26. The lowest BCUT2D eigenvalue weighted by Gasteiger charge is -2.00. The molecule has 50 valence electrons. The highest BCUT2D eigenvalue weighted by Gasteiger charge is 2.12. The zero-order valence-electron chi connectivity index (χ0n) is 5.49. The van der Waals surface area contributed by atoms with Crippen LogP contribution in [-0.4, -0.2) is 4.98 Å². The van der Waals surface area contributed by atoms with Crippen molar-refractivity contribution < 1.29 is 0 Å². The van der Waals surface area contributed by atoms with Crippen molar-refractivity contribution in [3.8, 4) is 0 Å². The van der Waals surface area contributed by atoms with Crippen molar-refractivity contribution in [1.82, 2.24) is 4.98 Å². The minimum absolute atomic E-state index is 0.0104. The smallest absolute Gasteiger partial charge is 0.0682 e. The molecule has 1 aliphatic rings. The van der Waals surface area contributed by atoms with Gasteiger partial charge >= 0.3 is 0 Å². The van der Waals surface area contributed by atoms with E-state index in [1.807, 2.05) is 24.3 Å². The molecule has 1 unspecified atom stereocenters. The van der Waals surface area contributed by atoms with Gasteiger partial charge in [-0.3, -0.25) is 4.98 Å². The number of nitrogens with two attached hydrogens (primary N) is 1. The summed E-state index contributed by atoms with van der Waals surface area (Å²) in [6, 6.07) is 3.95. The Morgan fingerprint density at radius 1 is 1.50 bits per heavy atom. The standard InChI is InChI=1S/C8H8N2/c9-7-4-3-6-2-1-5-10-8(6)7/h1-5,7H,9H2. The number of hydrogen-bond donors (Lipinski definition) is 1. The lowest BCUT2D eigenvalue weighted by atomic mass is 10.2. The van der Waals surface area contributed by atoms with Gasteiger partial charge in [-0.15, -0.1) is 0 Å². The SMILES string of the molecule is NC1C=Cc2cccnc21. The summed E-state index contributed by atoms with van der Waals surface area (Å²) in [5, 5.41) is 0. The van der Waals surface area contributed by atoms with E-state index in [4.69, 9.17) is 5.73 Å². The summed E-state index contributed by atoms with van der Waals surface area (Å²) >= 11 is 0. The van der Waals surface area contributed by atoms with Gasteiger partial charge < -0.3 is 5.73 Å². The topological polar surface area (TPSA) is 38.9 Å². The lowest BCUT2D eigenvalue weighted by molar-refractivity contribution is 0.879. The molecule has 0 aromatic carbocycles. The van der Waals surface area contributed by atoms with E-state index in [0.29, 0.717) is 0 Å². The molecule has 0 bridgehead atoms. The van der Waals surface area contributed by atoms with Crippen LogP contribution in [-0.2, 0) is 0 Å². The van der Waals surface area contributed by atoms with Gasteiger partial charge in [-0.1, -0.05) is 18.2 Å². The van der Waals surface area contributed by atoms with Crippen LogP contribution in [0.2, 0.25) is 0 Å². The van der Waals surface area contributed by atoms with Gasteiger partial charge in [-0.2, -0.15) is 0 Å². The van der Waals surface area contributed by atoms with Crippen LogP contribution in [0.5, 0.6) is 0 Å². The monoisotopic (exact) mass is 132 g/mol. The Morgan fingerprint density at radius 3 is 3.20 bits per heavy atom. The molecule has 2 nitrogen and oxygen atoms in total. The van der Waals surface area contributed by atoms with Crippen LogP contribution < -0.4 is 5.73 Å². The second-order valence-electron chi connectivity index (χ2n) is 2.36. The van der Waals surface area contributed by atoms with Gasteiger partial charge in [0.15, 0.2) is 0 Å². The second-order valence-corrected chi connectivity index (χ2v) is 2.36. The Bertz CT molecular complexity index is 278. The van der Waals surface area contributed by atoms with Crippen LogP contribution in [0.25, 0.3) is 6.08 Å². The molecule has 2 rings (SSSR count). The zero-order valence-corrected chi connectivity index (χ0v) is 5.49. The van der Waals surface area contributed by atoms with Crippen LogP contribution in [0.4, 0.5) is 0 Å². The maximum atomic E-state index is 5.70. The zero-order chi connectivity index (χ0) is 6.97. The van der Waals surface area contributed by atoms with E-state index in [1.54, 1.807) is 6.20 Å². The highest BCUT2D eigenvalue weighted by Crippen LogP contribution is 2.22. The van der Waals surface area contributed by atoms with Crippen molar-refractivity contribution in [2.75, 3.05) is 0 Å².